The van der Waals surface area contributed by atoms with Gasteiger partial charge in [-0.15, -0.1) is 0 Å². The molecule has 1 aromatic rings. The summed E-state index contributed by atoms with van der Waals surface area (Å²) < 4.78 is 0. The molecular weight excluding hydrogens is 268 g/mol. The SMILES string of the molecule is O=C(O)c1cccnc1C(=O)N1CCC2(CCCC2)CC1. The number of piperidine rings is 1. The zero-order valence-corrected chi connectivity index (χ0v) is 12.0. The average Bonchev–Trinajstić information content (AvgIpc) is 2.95. The average molecular weight is 288 g/mol. The van der Waals surface area contributed by atoms with E-state index in [1.807, 2.05) is 0 Å². The summed E-state index contributed by atoms with van der Waals surface area (Å²) in [5.74, 6) is -1.35. The molecule has 1 saturated carbocycles. The molecule has 1 saturated heterocycles. The van der Waals surface area contributed by atoms with Crippen LogP contribution in [0.25, 0.3) is 0 Å². The van der Waals surface area contributed by atoms with Gasteiger partial charge in [0, 0.05) is 19.3 Å². The highest BCUT2D eigenvalue weighted by Gasteiger charge is 2.38. The number of pyridine rings is 1. The molecule has 5 heteroatoms. The Hall–Kier alpha value is -1.91. The molecule has 1 aromatic heterocycles. The molecule has 0 atom stereocenters. The van der Waals surface area contributed by atoms with Crippen LogP contribution in [0.3, 0.4) is 0 Å². The summed E-state index contributed by atoms with van der Waals surface area (Å²) in [7, 11) is 0. The molecule has 0 aromatic carbocycles. The second-order valence-electron chi connectivity index (χ2n) is 6.20. The van der Waals surface area contributed by atoms with E-state index in [0.29, 0.717) is 18.5 Å². The highest BCUT2D eigenvalue weighted by Crippen LogP contribution is 2.46. The summed E-state index contributed by atoms with van der Waals surface area (Å²) in [4.78, 5) is 29.5. The Morgan fingerprint density at radius 1 is 1.14 bits per heavy atom. The molecule has 1 aliphatic heterocycles. The number of carbonyl (C=O) groups is 2. The maximum Gasteiger partial charge on any atom is 0.338 e. The van der Waals surface area contributed by atoms with Crippen LogP contribution in [0.5, 0.6) is 0 Å². The number of carboxylic acids is 1. The molecular formula is C16H20N2O3. The normalized spacial score (nSPS) is 20.7. The van der Waals surface area contributed by atoms with E-state index in [4.69, 9.17) is 5.11 Å². The van der Waals surface area contributed by atoms with Crippen molar-refractivity contribution in [2.24, 2.45) is 5.41 Å². The minimum absolute atomic E-state index is 0.0105. The Kier molecular flexibility index (Phi) is 3.66. The summed E-state index contributed by atoms with van der Waals surface area (Å²) in [6, 6.07) is 2.98. The standard InChI is InChI=1S/C16H20N2O3/c19-14(13-12(15(20)21)4-3-9-17-13)18-10-7-16(8-11-18)5-1-2-6-16/h3-4,9H,1-2,5-8,10-11H2,(H,20,21). The van der Waals surface area contributed by atoms with Gasteiger partial charge in [-0.05, 0) is 43.2 Å². The van der Waals surface area contributed by atoms with Gasteiger partial charge in [-0.1, -0.05) is 12.8 Å². The van der Waals surface area contributed by atoms with Crippen LogP contribution >= 0.6 is 0 Å². The molecule has 0 radical (unpaired) electrons. The molecule has 5 nitrogen and oxygen atoms in total. The highest BCUT2D eigenvalue weighted by atomic mass is 16.4. The first-order valence-electron chi connectivity index (χ1n) is 7.59. The van der Waals surface area contributed by atoms with Crippen molar-refractivity contribution in [3.63, 3.8) is 0 Å². The van der Waals surface area contributed by atoms with Crippen LogP contribution in [0, 0.1) is 5.41 Å². The third-order valence-corrected chi connectivity index (χ3v) is 5.02. The van der Waals surface area contributed by atoms with Crippen LogP contribution in [0.15, 0.2) is 18.3 Å². The zero-order valence-electron chi connectivity index (χ0n) is 12.0. The van der Waals surface area contributed by atoms with Crippen molar-refractivity contribution in [1.82, 2.24) is 9.88 Å². The molecule has 0 unspecified atom stereocenters. The molecule has 21 heavy (non-hydrogen) atoms. The Bertz CT molecular complexity index is 554. The number of carboxylic acid groups (broad SMARTS) is 1. The van der Waals surface area contributed by atoms with Crippen molar-refractivity contribution >= 4 is 11.9 Å². The van der Waals surface area contributed by atoms with E-state index in [1.165, 1.54) is 37.9 Å². The van der Waals surface area contributed by atoms with Gasteiger partial charge in [-0.2, -0.15) is 0 Å². The van der Waals surface area contributed by atoms with Gasteiger partial charge in [0.25, 0.3) is 5.91 Å². The van der Waals surface area contributed by atoms with Crippen molar-refractivity contribution in [3.05, 3.63) is 29.6 Å². The number of likely N-dealkylation sites (tertiary alicyclic amines) is 1. The first-order chi connectivity index (χ1) is 10.1. The number of carbonyl (C=O) groups excluding carboxylic acids is 1. The van der Waals surface area contributed by atoms with Crippen molar-refractivity contribution in [3.8, 4) is 0 Å². The van der Waals surface area contributed by atoms with E-state index in [1.54, 1.807) is 11.0 Å². The van der Waals surface area contributed by atoms with E-state index < -0.39 is 5.97 Å². The quantitative estimate of drug-likeness (QED) is 0.908. The van der Waals surface area contributed by atoms with Crippen LogP contribution in [0.2, 0.25) is 0 Å². The predicted octanol–water partition coefficient (Wildman–Crippen LogP) is 2.58. The number of aromatic carboxylic acids is 1. The Morgan fingerprint density at radius 3 is 2.43 bits per heavy atom. The minimum atomic E-state index is -1.10. The fourth-order valence-electron chi connectivity index (χ4n) is 3.71. The fourth-order valence-corrected chi connectivity index (χ4v) is 3.71. The lowest BCUT2D eigenvalue weighted by atomic mass is 9.77. The van der Waals surface area contributed by atoms with Crippen molar-refractivity contribution in [2.45, 2.75) is 38.5 Å². The summed E-state index contributed by atoms with van der Waals surface area (Å²) in [6.07, 6.45) is 8.71. The van der Waals surface area contributed by atoms with Crippen LogP contribution in [-0.4, -0.2) is 40.0 Å². The largest absolute Gasteiger partial charge is 0.478 e. The van der Waals surface area contributed by atoms with Crippen LogP contribution < -0.4 is 0 Å². The summed E-state index contributed by atoms with van der Waals surface area (Å²) in [5, 5.41) is 9.17. The third kappa shape index (κ3) is 2.64. The maximum atomic E-state index is 12.5. The lowest BCUT2D eigenvalue weighted by molar-refractivity contribution is 0.0567. The van der Waals surface area contributed by atoms with Crippen molar-refractivity contribution < 1.29 is 14.7 Å². The third-order valence-electron chi connectivity index (χ3n) is 5.02. The molecule has 2 aliphatic rings. The first-order valence-corrected chi connectivity index (χ1v) is 7.59. The van der Waals surface area contributed by atoms with Gasteiger partial charge in [-0.25, -0.2) is 4.79 Å². The first kappa shape index (κ1) is 14.0. The number of hydrogen-bond donors (Lipinski definition) is 1. The summed E-state index contributed by atoms with van der Waals surface area (Å²) in [5.41, 5.74) is 0.493. The predicted molar refractivity (Wildman–Crippen MR) is 77.2 cm³/mol. The molecule has 112 valence electrons. The van der Waals surface area contributed by atoms with E-state index in [9.17, 15) is 9.59 Å². The smallest absolute Gasteiger partial charge is 0.338 e. The lowest BCUT2D eigenvalue weighted by Crippen LogP contribution is -2.43. The van der Waals surface area contributed by atoms with E-state index in [0.717, 1.165) is 12.8 Å². The molecule has 2 fully saturated rings. The second kappa shape index (κ2) is 5.47. The summed E-state index contributed by atoms with van der Waals surface area (Å²) in [6.45, 7) is 1.43. The lowest BCUT2D eigenvalue weighted by Gasteiger charge is -2.39. The van der Waals surface area contributed by atoms with E-state index in [2.05, 4.69) is 4.98 Å². The van der Waals surface area contributed by atoms with Gasteiger partial charge in [0.05, 0.1) is 5.56 Å². The van der Waals surface area contributed by atoms with Gasteiger partial charge < -0.3 is 10.0 Å². The van der Waals surface area contributed by atoms with E-state index >= 15 is 0 Å². The molecule has 1 amide bonds. The van der Waals surface area contributed by atoms with Gasteiger partial charge >= 0.3 is 5.97 Å². The van der Waals surface area contributed by atoms with Crippen molar-refractivity contribution in [1.29, 1.82) is 0 Å². The Morgan fingerprint density at radius 2 is 1.81 bits per heavy atom. The molecule has 3 rings (SSSR count). The number of hydrogen-bond acceptors (Lipinski definition) is 3. The van der Waals surface area contributed by atoms with Gasteiger partial charge in [0.15, 0.2) is 0 Å². The topological polar surface area (TPSA) is 70.5 Å². The fraction of sp³-hybridized carbons (Fsp3) is 0.562. The molecule has 2 heterocycles. The molecule has 1 N–H and O–H groups in total. The molecule has 1 spiro atoms. The number of nitrogens with zero attached hydrogens (tertiary/aromatic N) is 2. The second-order valence-corrected chi connectivity index (χ2v) is 6.20. The molecule has 1 aliphatic carbocycles. The highest BCUT2D eigenvalue weighted by molar-refractivity contribution is 6.03. The Labute approximate surface area is 124 Å². The van der Waals surface area contributed by atoms with E-state index in [-0.39, 0.29) is 17.2 Å². The number of aromatic nitrogens is 1. The van der Waals surface area contributed by atoms with Gasteiger partial charge in [0.1, 0.15) is 5.69 Å². The zero-order chi connectivity index (χ0) is 14.9. The van der Waals surface area contributed by atoms with Gasteiger partial charge in [-0.3, -0.25) is 9.78 Å². The van der Waals surface area contributed by atoms with Crippen molar-refractivity contribution in [2.75, 3.05) is 13.1 Å². The molecule has 0 bridgehead atoms. The maximum absolute atomic E-state index is 12.5. The monoisotopic (exact) mass is 288 g/mol. The Balaban J connectivity index is 1.74. The minimum Gasteiger partial charge on any atom is -0.478 e. The van der Waals surface area contributed by atoms with Crippen LogP contribution in [0.1, 0.15) is 59.4 Å². The number of amides is 1. The summed E-state index contributed by atoms with van der Waals surface area (Å²) >= 11 is 0. The van der Waals surface area contributed by atoms with Crippen LogP contribution in [0.4, 0.5) is 0 Å². The van der Waals surface area contributed by atoms with Gasteiger partial charge in [0.2, 0.25) is 0 Å². The van der Waals surface area contributed by atoms with Crippen LogP contribution in [-0.2, 0) is 0 Å². The number of rotatable bonds is 2.